The summed E-state index contributed by atoms with van der Waals surface area (Å²) in [6.45, 7) is 4.58. The van der Waals surface area contributed by atoms with Crippen molar-refractivity contribution in [3.8, 4) is 11.3 Å². The summed E-state index contributed by atoms with van der Waals surface area (Å²) in [4.78, 5) is 8.61. The highest BCUT2D eigenvalue weighted by molar-refractivity contribution is 6.33. The first kappa shape index (κ1) is 12.8. The van der Waals surface area contributed by atoms with E-state index in [1.807, 2.05) is 19.9 Å². The summed E-state index contributed by atoms with van der Waals surface area (Å²) in [6, 6.07) is 6.09. The third kappa shape index (κ3) is 2.76. The van der Waals surface area contributed by atoms with Crippen molar-refractivity contribution in [1.82, 2.24) is 9.97 Å². The molecule has 0 aliphatic rings. The van der Waals surface area contributed by atoms with E-state index in [9.17, 15) is 4.39 Å². The first-order valence-corrected chi connectivity index (χ1v) is 6.03. The minimum atomic E-state index is -0.360. The number of nitrogens with one attached hydrogen (secondary N) is 1. The smallest absolute Gasteiger partial charge is 0.223 e. The van der Waals surface area contributed by atoms with Gasteiger partial charge >= 0.3 is 0 Å². The van der Waals surface area contributed by atoms with Gasteiger partial charge in [-0.15, -0.1) is 0 Å². The third-order valence-corrected chi connectivity index (χ3v) is 2.71. The zero-order chi connectivity index (χ0) is 13.1. The van der Waals surface area contributed by atoms with Crippen LogP contribution in [0, 0.1) is 12.7 Å². The van der Waals surface area contributed by atoms with Gasteiger partial charge in [0, 0.05) is 17.8 Å². The third-order valence-electron chi connectivity index (χ3n) is 2.40. The van der Waals surface area contributed by atoms with Crippen molar-refractivity contribution in [3.05, 3.63) is 40.8 Å². The monoisotopic (exact) mass is 265 g/mol. The fourth-order valence-electron chi connectivity index (χ4n) is 1.64. The predicted molar refractivity (Wildman–Crippen MR) is 71.3 cm³/mol. The summed E-state index contributed by atoms with van der Waals surface area (Å²) in [5.74, 6) is 0.189. The fraction of sp³-hybridized carbons (Fsp3) is 0.231. The molecule has 0 atom stereocenters. The van der Waals surface area contributed by atoms with E-state index in [4.69, 9.17) is 11.6 Å². The number of nitrogens with zero attached hydrogens (tertiary/aromatic N) is 2. The van der Waals surface area contributed by atoms with Gasteiger partial charge in [0.05, 0.1) is 10.7 Å². The largest absolute Gasteiger partial charge is 0.354 e. The highest BCUT2D eigenvalue weighted by Gasteiger charge is 2.08. The SMILES string of the molecule is CCNc1nc(C)cc(-c2ccc(F)cc2Cl)n1. The summed E-state index contributed by atoms with van der Waals surface area (Å²) in [6.07, 6.45) is 0. The van der Waals surface area contributed by atoms with Crippen molar-refractivity contribution < 1.29 is 4.39 Å². The maximum atomic E-state index is 13.0. The average Bonchev–Trinajstić information content (AvgIpc) is 2.28. The molecule has 94 valence electrons. The summed E-state index contributed by atoms with van der Waals surface area (Å²) in [5, 5.41) is 3.39. The maximum absolute atomic E-state index is 13.0. The second kappa shape index (κ2) is 5.31. The highest BCUT2D eigenvalue weighted by atomic mass is 35.5. The number of rotatable bonds is 3. The van der Waals surface area contributed by atoms with Gasteiger partial charge in [-0.25, -0.2) is 14.4 Å². The molecule has 0 radical (unpaired) electrons. The Morgan fingerprint density at radius 1 is 1.28 bits per heavy atom. The van der Waals surface area contributed by atoms with Crippen LogP contribution in [0.4, 0.5) is 10.3 Å². The van der Waals surface area contributed by atoms with E-state index in [2.05, 4.69) is 15.3 Å². The van der Waals surface area contributed by atoms with Crippen LogP contribution in [0.25, 0.3) is 11.3 Å². The van der Waals surface area contributed by atoms with Crippen LogP contribution in [0.5, 0.6) is 0 Å². The first-order chi connectivity index (χ1) is 8.60. The molecule has 0 saturated heterocycles. The number of aromatic nitrogens is 2. The van der Waals surface area contributed by atoms with Crippen molar-refractivity contribution in [2.45, 2.75) is 13.8 Å². The lowest BCUT2D eigenvalue weighted by atomic mass is 10.1. The van der Waals surface area contributed by atoms with Crippen LogP contribution in [0.2, 0.25) is 5.02 Å². The molecule has 0 amide bonds. The Labute approximate surface area is 110 Å². The van der Waals surface area contributed by atoms with Gasteiger partial charge in [0.25, 0.3) is 0 Å². The Hall–Kier alpha value is -1.68. The van der Waals surface area contributed by atoms with E-state index < -0.39 is 0 Å². The summed E-state index contributed by atoms with van der Waals surface area (Å²) in [5.41, 5.74) is 2.21. The van der Waals surface area contributed by atoms with Gasteiger partial charge in [-0.2, -0.15) is 0 Å². The summed E-state index contributed by atoms with van der Waals surface area (Å²) in [7, 11) is 0. The minimum Gasteiger partial charge on any atom is -0.354 e. The molecule has 2 aromatic rings. The molecule has 0 aliphatic carbocycles. The van der Waals surface area contributed by atoms with Crippen LogP contribution < -0.4 is 5.32 Å². The molecule has 0 unspecified atom stereocenters. The van der Waals surface area contributed by atoms with Crippen LogP contribution in [0.3, 0.4) is 0 Å². The van der Waals surface area contributed by atoms with Crippen molar-refractivity contribution in [1.29, 1.82) is 0 Å². The van der Waals surface area contributed by atoms with Gasteiger partial charge in [0.2, 0.25) is 5.95 Å². The molecule has 1 N–H and O–H groups in total. The Kier molecular flexibility index (Phi) is 3.77. The molecule has 0 aliphatic heterocycles. The lowest BCUT2D eigenvalue weighted by molar-refractivity contribution is 0.628. The van der Waals surface area contributed by atoms with Crippen molar-refractivity contribution in [2.75, 3.05) is 11.9 Å². The fourth-order valence-corrected chi connectivity index (χ4v) is 1.90. The lowest BCUT2D eigenvalue weighted by Gasteiger charge is -2.08. The van der Waals surface area contributed by atoms with Crippen LogP contribution >= 0.6 is 11.6 Å². The van der Waals surface area contributed by atoms with Gasteiger partial charge in [0.1, 0.15) is 5.82 Å². The maximum Gasteiger partial charge on any atom is 0.223 e. The molecule has 0 saturated carbocycles. The summed E-state index contributed by atoms with van der Waals surface area (Å²) < 4.78 is 13.0. The van der Waals surface area contributed by atoms with Gasteiger partial charge in [0.15, 0.2) is 0 Å². The van der Waals surface area contributed by atoms with E-state index in [1.165, 1.54) is 12.1 Å². The van der Waals surface area contributed by atoms with E-state index >= 15 is 0 Å². The van der Waals surface area contributed by atoms with Gasteiger partial charge < -0.3 is 5.32 Å². The highest BCUT2D eigenvalue weighted by Crippen LogP contribution is 2.27. The molecule has 1 heterocycles. The van der Waals surface area contributed by atoms with Gasteiger partial charge in [-0.3, -0.25) is 0 Å². The normalized spacial score (nSPS) is 10.4. The zero-order valence-electron chi connectivity index (χ0n) is 10.2. The van der Waals surface area contributed by atoms with E-state index in [0.29, 0.717) is 22.2 Å². The number of hydrogen-bond acceptors (Lipinski definition) is 3. The van der Waals surface area contributed by atoms with Gasteiger partial charge in [-0.05, 0) is 38.1 Å². The predicted octanol–water partition coefficient (Wildman–Crippen LogP) is 3.68. The second-order valence-electron chi connectivity index (χ2n) is 3.87. The average molecular weight is 266 g/mol. The molecule has 18 heavy (non-hydrogen) atoms. The van der Waals surface area contributed by atoms with Gasteiger partial charge in [-0.1, -0.05) is 11.6 Å². The molecule has 0 fully saturated rings. The quantitative estimate of drug-likeness (QED) is 0.920. The molecule has 0 spiro atoms. The Morgan fingerprint density at radius 2 is 2.06 bits per heavy atom. The Morgan fingerprint density at radius 3 is 2.72 bits per heavy atom. The van der Waals surface area contributed by atoms with Crippen molar-refractivity contribution in [2.24, 2.45) is 0 Å². The van der Waals surface area contributed by atoms with Crippen LogP contribution in [-0.2, 0) is 0 Å². The zero-order valence-corrected chi connectivity index (χ0v) is 10.9. The molecular formula is C13H13ClFN3. The lowest BCUT2D eigenvalue weighted by Crippen LogP contribution is -2.04. The van der Waals surface area contributed by atoms with E-state index in [1.54, 1.807) is 6.07 Å². The molecule has 5 heteroatoms. The van der Waals surface area contributed by atoms with Crippen LogP contribution in [-0.4, -0.2) is 16.5 Å². The number of benzene rings is 1. The number of hydrogen-bond donors (Lipinski definition) is 1. The topological polar surface area (TPSA) is 37.8 Å². The molecular weight excluding hydrogens is 253 g/mol. The second-order valence-corrected chi connectivity index (χ2v) is 4.28. The van der Waals surface area contributed by atoms with E-state index in [0.717, 1.165) is 12.2 Å². The Bertz CT molecular complexity index is 572. The molecule has 1 aromatic heterocycles. The number of anilines is 1. The molecule has 1 aromatic carbocycles. The van der Waals surface area contributed by atoms with Crippen LogP contribution in [0.15, 0.2) is 24.3 Å². The first-order valence-electron chi connectivity index (χ1n) is 5.65. The van der Waals surface area contributed by atoms with Crippen molar-refractivity contribution >= 4 is 17.5 Å². The molecule has 0 bridgehead atoms. The molecule has 3 nitrogen and oxygen atoms in total. The van der Waals surface area contributed by atoms with E-state index in [-0.39, 0.29) is 5.82 Å². The van der Waals surface area contributed by atoms with Crippen molar-refractivity contribution in [3.63, 3.8) is 0 Å². The Balaban J connectivity index is 2.49. The minimum absolute atomic E-state index is 0.343. The summed E-state index contributed by atoms with van der Waals surface area (Å²) >= 11 is 6.02. The standard InChI is InChI=1S/C13H13ClFN3/c1-3-16-13-17-8(2)6-12(18-13)10-5-4-9(15)7-11(10)14/h4-7H,3H2,1-2H3,(H,16,17,18). The number of halogens is 2. The molecule has 2 rings (SSSR count). The number of aryl methyl sites for hydroxylation is 1. The van der Waals surface area contributed by atoms with Crippen LogP contribution in [0.1, 0.15) is 12.6 Å².